The number of rotatable bonds is 3. The van der Waals surface area contributed by atoms with Gasteiger partial charge in [-0.15, -0.1) is 0 Å². The highest BCUT2D eigenvalue weighted by molar-refractivity contribution is 6.05. The fourth-order valence-corrected chi connectivity index (χ4v) is 2.23. The van der Waals surface area contributed by atoms with Crippen LogP contribution in [0.2, 0.25) is 0 Å². The van der Waals surface area contributed by atoms with Crippen molar-refractivity contribution >= 4 is 27.9 Å². The first-order valence-electron chi connectivity index (χ1n) is 6.30. The average molecular weight is 254 g/mol. The van der Waals surface area contributed by atoms with Crippen LogP contribution in [0.5, 0.6) is 0 Å². The molecule has 0 amide bonds. The monoisotopic (exact) mass is 254 g/mol. The first-order valence-corrected chi connectivity index (χ1v) is 6.30. The summed E-state index contributed by atoms with van der Waals surface area (Å²) in [4.78, 5) is 19.2. The van der Waals surface area contributed by atoms with Crippen LogP contribution >= 0.6 is 0 Å². The van der Waals surface area contributed by atoms with E-state index in [9.17, 15) is 4.79 Å². The summed E-state index contributed by atoms with van der Waals surface area (Å²) in [6.07, 6.45) is 0.207. The van der Waals surface area contributed by atoms with Crippen molar-refractivity contribution in [2.45, 2.75) is 13.3 Å². The van der Waals surface area contributed by atoms with Crippen molar-refractivity contribution in [3.8, 4) is 0 Å². The Morgan fingerprint density at radius 2 is 2.05 bits per heavy atom. The number of aromatic nitrogens is 2. The van der Waals surface area contributed by atoms with Gasteiger partial charge >= 0.3 is 5.97 Å². The van der Waals surface area contributed by atoms with E-state index in [-0.39, 0.29) is 12.4 Å². The van der Waals surface area contributed by atoms with E-state index in [4.69, 9.17) is 4.74 Å². The van der Waals surface area contributed by atoms with Gasteiger partial charge in [0.2, 0.25) is 0 Å². The number of esters is 1. The van der Waals surface area contributed by atoms with Gasteiger partial charge in [-0.05, 0) is 25.1 Å². The molecule has 4 heteroatoms. The molecular weight excluding hydrogens is 240 g/mol. The Kier molecular flexibility index (Phi) is 2.91. The van der Waals surface area contributed by atoms with E-state index in [1.807, 2.05) is 30.3 Å². The zero-order chi connectivity index (χ0) is 13.2. The van der Waals surface area contributed by atoms with Gasteiger partial charge in [0, 0.05) is 16.3 Å². The third kappa shape index (κ3) is 2.17. The van der Waals surface area contributed by atoms with Crippen LogP contribution in [-0.4, -0.2) is 22.5 Å². The lowest BCUT2D eigenvalue weighted by atomic mass is 10.2. The number of aromatic amines is 1. The van der Waals surface area contributed by atoms with Crippen molar-refractivity contribution in [3.63, 3.8) is 0 Å². The van der Waals surface area contributed by atoms with Gasteiger partial charge in [-0.25, -0.2) is 4.98 Å². The molecule has 0 atom stereocenters. The van der Waals surface area contributed by atoms with Gasteiger partial charge in [0.05, 0.1) is 18.7 Å². The molecule has 4 nitrogen and oxygen atoms in total. The second kappa shape index (κ2) is 4.72. The van der Waals surface area contributed by atoms with Crippen molar-refractivity contribution in [1.82, 2.24) is 9.97 Å². The molecule has 0 aliphatic heterocycles. The summed E-state index contributed by atoms with van der Waals surface area (Å²) in [5, 5.41) is 2.22. The van der Waals surface area contributed by atoms with E-state index >= 15 is 0 Å². The standard InChI is InChI=1S/C15H14N2O2/c1-2-19-14(18)9-10-7-8-12-11-5-3-4-6-13(11)17-15(12)16-10/h3-8H,2,9H2,1H3,(H,16,17). The smallest absolute Gasteiger partial charge is 0.311 e. The van der Waals surface area contributed by atoms with Gasteiger partial charge in [-0.3, -0.25) is 4.79 Å². The van der Waals surface area contributed by atoms with Crippen molar-refractivity contribution in [2.75, 3.05) is 6.61 Å². The van der Waals surface area contributed by atoms with Gasteiger partial charge in [0.1, 0.15) is 5.65 Å². The molecule has 0 bridgehead atoms. The van der Waals surface area contributed by atoms with Gasteiger partial charge in [-0.2, -0.15) is 0 Å². The van der Waals surface area contributed by atoms with E-state index < -0.39 is 0 Å². The van der Waals surface area contributed by atoms with Crippen LogP contribution in [0, 0.1) is 0 Å². The molecule has 2 heterocycles. The molecule has 2 aromatic heterocycles. The van der Waals surface area contributed by atoms with Gasteiger partial charge in [-0.1, -0.05) is 18.2 Å². The van der Waals surface area contributed by atoms with Crippen LogP contribution in [0.15, 0.2) is 36.4 Å². The molecule has 0 radical (unpaired) electrons. The number of carbonyl (C=O) groups is 1. The molecule has 19 heavy (non-hydrogen) atoms. The molecule has 0 spiro atoms. The summed E-state index contributed by atoms with van der Waals surface area (Å²) in [7, 11) is 0. The Hall–Kier alpha value is -2.36. The fraction of sp³-hybridized carbons (Fsp3) is 0.200. The quantitative estimate of drug-likeness (QED) is 0.731. The lowest BCUT2D eigenvalue weighted by Crippen LogP contribution is -2.08. The number of fused-ring (bicyclic) bond motifs is 3. The molecule has 1 N–H and O–H groups in total. The predicted molar refractivity (Wildman–Crippen MR) is 73.9 cm³/mol. The van der Waals surface area contributed by atoms with E-state index in [1.54, 1.807) is 6.92 Å². The number of H-pyrrole nitrogens is 1. The minimum Gasteiger partial charge on any atom is -0.466 e. The number of carbonyl (C=O) groups excluding carboxylic acids is 1. The highest BCUT2D eigenvalue weighted by Gasteiger charge is 2.09. The highest BCUT2D eigenvalue weighted by atomic mass is 16.5. The molecule has 3 rings (SSSR count). The topological polar surface area (TPSA) is 55.0 Å². The third-order valence-electron chi connectivity index (χ3n) is 3.05. The normalized spacial score (nSPS) is 11.0. The van der Waals surface area contributed by atoms with Gasteiger partial charge in [0.25, 0.3) is 0 Å². The van der Waals surface area contributed by atoms with Crippen LogP contribution < -0.4 is 0 Å². The molecule has 0 aliphatic rings. The van der Waals surface area contributed by atoms with Crippen LogP contribution in [0.1, 0.15) is 12.6 Å². The lowest BCUT2D eigenvalue weighted by Gasteiger charge is -2.01. The summed E-state index contributed by atoms with van der Waals surface area (Å²) in [5.74, 6) is -0.245. The van der Waals surface area contributed by atoms with Gasteiger partial charge in [0.15, 0.2) is 0 Å². The number of hydrogen-bond donors (Lipinski definition) is 1. The predicted octanol–water partition coefficient (Wildman–Crippen LogP) is 2.82. The molecular formula is C15H14N2O2. The number of nitrogens with one attached hydrogen (secondary N) is 1. The third-order valence-corrected chi connectivity index (χ3v) is 3.05. The Morgan fingerprint density at radius 1 is 1.21 bits per heavy atom. The minimum absolute atomic E-state index is 0.207. The van der Waals surface area contributed by atoms with E-state index in [0.29, 0.717) is 6.61 Å². The van der Waals surface area contributed by atoms with E-state index in [1.165, 1.54) is 0 Å². The molecule has 0 unspecified atom stereocenters. The summed E-state index contributed by atoms with van der Waals surface area (Å²) in [6, 6.07) is 11.9. The number of hydrogen-bond acceptors (Lipinski definition) is 3. The number of para-hydroxylation sites is 1. The van der Waals surface area contributed by atoms with Crippen molar-refractivity contribution < 1.29 is 9.53 Å². The Balaban J connectivity index is 2.01. The summed E-state index contributed by atoms with van der Waals surface area (Å²) in [6.45, 7) is 2.19. The number of benzene rings is 1. The largest absolute Gasteiger partial charge is 0.466 e. The van der Waals surface area contributed by atoms with Crippen LogP contribution in [0.25, 0.3) is 21.9 Å². The lowest BCUT2D eigenvalue weighted by molar-refractivity contribution is -0.142. The molecule has 0 fully saturated rings. The minimum atomic E-state index is -0.245. The maximum absolute atomic E-state index is 11.4. The molecule has 3 aromatic rings. The number of nitrogens with zero attached hydrogens (tertiary/aromatic N) is 1. The second-order valence-electron chi connectivity index (χ2n) is 4.35. The van der Waals surface area contributed by atoms with Crippen LogP contribution in [0.4, 0.5) is 0 Å². The van der Waals surface area contributed by atoms with Crippen LogP contribution in [-0.2, 0) is 16.0 Å². The highest BCUT2D eigenvalue weighted by Crippen LogP contribution is 2.23. The molecule has 1 aromatic carbocycles. The maximum Gasteiger partial charge on any atom is 0.311 e. The van der Waals surface area contributed by atoms with Crippen molar-refractivity contribution in [2.24, 2.45) is 0 Å². The summed E-state index contributed by atoms with van der Waals surface area (Å²) >= 11 is 0. The average Bonchev–Trinajstić information content (AvgIpc) is 2.76. The summed E-state index contributed by atoms with van der Waals surface area (Å²) in [5.41, 5.74) is 2.58. The van der Waals surface area contributed by atoms with Crippen molar-refractivity contribution in [1.29, 1.82) is 0 Å². The maximum atomic E-state index is 11.4. The Labute approximate surface area is 110 Å². The van der Waals surface area contributed by atoms with E-state index in [0.717, 1.165) is 27.6 Å². The molecule has 0 saturated heterocycles. The van der Waals surface area contributed by atoms with Crippen molar-refractivity contribution in [3.05, 3.63) is 42.1 Å². The molecule has 0 aliphatic carbocycles. The molecule has 0 saturated carbocycles. The first-order chi connectivity index (χ1) is 9.28. The van der Waals surface area contributed by atoms with E-state index in [2.05, 4.69) is 16.0 Å². The SMILES string of the molecule is CCOC(=O)Cc1ccc2c(n1)[nH]c1ccccc12. The van der Waals surface area contributed by atoms with Gasteiger partial charge < -0.3 is 9.72 Å². The zero-order valence-corrected chi connectivity index (χ0v) is 10.6. The van der Waals surface area contributed by atoms with Crippen LogP contribution in [0.3, 0.4) is 0 Å². The Morgan fingerprint density at radius 3 is 2.89 bits per heavy atom. The summed E-state index contributed by atoms with van der Waals surface area (Å²) < 4.78 is 4.93. The second-order valence-corrected chi connectivity index (χ2v) is 4.35. The first kappa shape index (κ1) is 11.7. The zero-order valence-electron chi connectivity index (χ0n) is 10.6. The Bertz CT molecular complexity index is 746. The number of ether oxygens (including phenoxy) is 1. The number of pyridine rings is 1. The molecule has 96 valence electrons. The fourth-order valence-electron chi connectivity index (χ4n) is 2.23.